The Morgan fingerprint density at radius 3 is 2.62 bits per heavy atom. The van der Waals surface area contributed by atoms with E-state index in [1.807, 2.05) is 0 Å². The van der Waals surface area contributed by atoms with Crippen molar-refractivity contribution in [2.24, 2.45) is 0 Å². The molecule has 1 aromatic rings. The second-order valence-corrected chi connectivity index (χ2v) is 7.77. The minimum atomic E-state index is -3.38. The summed E-state index contributed by atoms with van der Waals surface area (Å²) in [5.41, 5.74) is 0.471. The van der Waals surface area contributed by atoms with E-state index in [4.69, 9.17) is 0 Å². The van der Waals surface area contributed by atoms with Crippen LogP contribution in [0.5, 0.6) is 0 Å². The molecule has 0 unspecified atom stereocenters. The highest BCUT2D eigenvalue weighted by molar-refractivity contribution is 7.92. The molecule has 16 heavy (non-hydrogen) atoms. The summed E-state index contributed by atoms with van der Waals surface area (Å²) in [4.78, 5) is 0.0974. The standard InChI is InChI=1S/C9H11NO4S2/c1-15(11,12)7-2-3-8-9(6-7)16(13,14)5-4-10-8/h2-3,6,10H,4-5H2,1H3. The Balaban J connectivity index is 2.70. The molecule has 0 bridgehead atoms. The Labute approximate surface area is 94.3 Å². The molecular formula is C9H11NO4S2. The molecule has 0 radical (unpaired) electrons. The maximum absolute atomic E-state index is 11.7. The molecule has 0 aliphatic carbocycles. The molecule has 0 aromatic heterocycles. The van der Waals surface area contributed by atoms with E-state index in [9.17, 15) is 16.8 Å². The van der Waals surface area contributed by atoms with Gasteiger partial charge in [-0.3, -0.25) is 0 Å². The van der Waals surface area contributed by atoms with Gasteiger partial charge in [0.15, 0.2) is 19.7 Å². The molecule has 1 heterocycles. The topological polar surface area (TPSA) is 80.3 Å². The number of hydrogen-bond acceptors (Lipinski definition) is 5. The van der Waals surface area contributed by atoms with Gasteiger partial charge in [-0.25, -0.2) is 16.8 Å². The van der Waals surface area contributed by atoms with Crippen molar-refractivity contribution in [2.45, 2.75) is 9.79 Å². The molecule has 0 fully saturated rings. The van der Waals surface area contributed by atoms with Crippen molar-refractivity contribution < 1.29 is 16.8 Å². The lowest BCUT2D eigenvalue weighted by Crippen LogP contribution is -2.23. The summed E-state index contributed by atoms with van der Waals surface area (Å²) < 4.78 is 46.1. The van der Waals surface area contributed by atoms with Gasteiger partial charge in [-0.15, -0.1) is 0 Å². The highest BCUT2D eigenvalue weighted by atomic mass is 32.2. The average molecular weight is 261 g/mol. The summed E-state index contributed by atoms with van der Waals surface area (Å²) in [6, 6.07) is 4.11. The van der Waals surface area contributed by atoms with Gasteiger partial charge >= 0.3 is 0 Å². The summed E-state index contributed by atoms with van der Waals surface area (Å²) >= 11 is 0. The third-order valence-electron chi connectivity index (χ3n) is 2.40. The van der Waals surface area contributed by atoms with Crippen LogP contribution in [0.3, 0.4) is 0 Å². The van der Waals surface area contributed by atoms with Gasteiger partial charge in [-0.05, 0) is 18.2 Å². The molecule has 0 amide bonds. The van der Waals surface area contributed by atoms with Gasteiger partial charge in [-0.1, -0.05) is 0 Å². The third kappa shape index (κ3) is 1.92. The van der Waals surface area contributed by atoms with Crippen molar-refractivity contribution >= 4 is 25.4 Å². The number of anilines is 1. The van der Waals surface area contributed by atoms with Gasteiger partial charge in [-0.2, -0.15) is 0 Å². The van der Waals surface area contributed by atoms with E-state index in [0.717, 1.165) is 6.26 Å². The van der Waals surface area contributed by atoms with Crippen LogP contribution in [-0.4, -0.2) is 35.4 Å². The minimum Gasteiger partial charge on any atom is -0.383 e. The van der Waals surface area contributed by atoms with E-state index in [1.54, 1.807) is 0 Å². The number of nitrogens with one attached hydrogen (secondary N) is 1. The fourth-order valence-electron chi connectivity index (χ4n) is 1.57. The van der Waals surface area contributed by atoms with Crippen molar-refractivity contribution in [1.29, 1.82) is 0 Å². The first-order valence-electron chi connectivity index (χ1n) is 4.61. The molecule has 0 spiro atoms. The molecule has 0 saturated heterocycles. The Kier molecular flexibility index (Phi) is 2.47. The fraction of sp³-hybridized carbons (Fsp3) is 0.333. The molecule has 1 N–H and O–H groups in total. The summed E-state index contributed by atoms with van der Waals surface area (Å²) in [5.74, 6) is -0.00673. The molecular weight excluding hydrogens is 250 g/mol. The lowest BCUT2D eigenvalue weighted by Gasteiger charge is -2.18. The maximum Gasteiger partial charge on any atom is 0.182 e. The van der Waals surface area contributed by atoms with Crippen LogP contribution in [-0.2, 0) is 19.7 Å². The highest BCUT2D eigenvalue weighted by Crippen LogP contribution is 2.28. The predicted molar refractivity (Wildman–Crippen MR) is 60.1 cm³/mol. The summed E-state index contributed by atoms with van der Waals surface area (Å²) in [5, 5.41) is 2.92. The van der Waals surface area contributed by atoms with Gasteiger partial charge in [0, 0.05) is 12.8 Å². The summed E-state index contributed by atoms with van der Waals surface area (Å²) in [6.07, 6.45) is 1.05. The van der Waals surface area contributed by atoms with Gasteiger partial charge in [0.1, 0.15) is 0 Å². The molecule has 0 saturated carbocycles. The minimum absolute atomic E-state index is 0.00673. The molecule has 88 valence electrons. The highest BCUT2D eigenvalue weighted by Gasteiger charge is 2.24. The van der Waals surface area contributed by atoms with Gasteiger partial charge in [0.25, 0.3) is 0 Å². The zero-order valence-electron chi connectivity index (χ0n) is 8.60. The molecule has 5 nitrogen and oxygen atoms in total. The van der Waals surface area contributed by atoms with E-state index in [1.165, 1.54) is 18.2 Å². The Morgan fingerprint density at radius 2 is 2.00 bits per heavy atom. The fourth-order valence-corrected chi connectivity index (χ4v) is 3.66. The molecule has 7 heteroatoms. The molecule has 2 rings (SSSR count). The monoisotopic (exact) mass is 261 g/mol. The number of hydrogen-bond donors (Lipinski definition) is 1. The molecule has 0 atom stereocenters. The first-order valence-corrected chi connectivity index (χ1v) is 8.16. The van der Waals surface area contributed by atoms with E-state index >= 15 is 0 Å². The molecule has 1 aliphatic rings. The largest absolute Gasteiger partial charge is 0.383 e. The van der Waals surface area contributed by atoms with E-state index < -0.39 is 19.7 Å². The van der Waals surface area contributed by atoms with Crippen molar-refractivity contribution in [3.05, 3.63) is 18.2 Å². The third-order valence-corrected chi connectivity index (χ3v) is 5.26. The first kappa shape index (κ1) is 11.4. The number of benzene rings is 1. The smallest absolute Gasteiger partial charge is 0.182 e. The van der Waals surface area contributed by atoms with Crippen molar-refractivity contribution in [1.82, 2.24) is 0 Å². The van der Waals surface area contributed by atoms with Crippen LogP contribution in [0.4, 0.5) is 5.69 Å². The molecule has 1 aliphatic heterocycles. The van der Waals surface area contributed by atoms with Gasteiger partial charge in [0.05, 0.1) is 21.2 Å². The van der Waals surface area contributed by atoms with E-state index in [0.29, 0.717) is 12.2 Å². The second kappa shape index (κ2) is 3.46. The zero-order valence-corrected chi connectivity index (χ0v) is 10.2. The Morgan fingerprint density at radius 1 is 1.31 bits per heavy atom. The molecule has 1 aromatic carbocycles. The van der Waals surface area contributed by atoms with Crippen LogP contribution in [0, 0.1) is 0 Å². The predicted octanol–water partition coefficient (Wildman–Crippen LogP) is 0.289. The van der Waals surface area contributed by atoms with Crippen LogP contribution in [0.1, 0.15) is 0 Å². The van der Waals surface area contributed by atoms with Crippen LogP contribution in [0.25, 0.3) is 0 Å². The number of sulfone groups is 2. The van der Waals surface area contributed by atoms with Crippen LogP contribution in [0.2, 0.25) is 0 Å². The van der Waals surface area contributed by atoms with Crippen molar-refractivity contribution in [3.8, 4) is 0 Å². The maximum atomic E-state index is 11.7. The van der Waals surface area contributed by atoms with Gasteiger partial charge in [0.2, 0.25) is 0 Å². The quantitative estimate of drug-likeness (QED) is 0.786. The Bertz CT molecular complexity index is 631. The number of fused-ring (bicyclic) bond motifs is 1. The lowest BCUT2D eigenvalue weighted by atomic mass is 10.3. The van der Waals surface area contributed by atoms with E-state index in [-0.39, 0.29) is 15.5 Å². The Hall–Kier alpha value is -1.08. The van der Waals surface area contributed by atoms with Gasteiger partial charge < -0.3 is 5.32 Å². The zero-order chi connectivity index (χ0) is 12.0. The van der Waals surface area contributed by atoms with E-state index in [2.05, 4.69) is 5.32 Å². The van der Waals surface area contributed by atoms with Crippen LogP contribution < -0.4 is 5.32 Å². The van der Waals surface area contributed by atoms with Crippen molar-refractivity contribution in [2.75, 3.05) is 23.9 Å². The van der Waals surface area contributed by atoms with Crippen LogP contribution in [0.15, 0.2) is 28.0 Å². The number of rotatable bonds is 1. The van der Waals surface area contributed by atoms with Crippen molar-refractivity contribution in [3.63, 3.8) is 0 Å². The summed E-state index contributed by atoms with van der Waals surface area (Å²) in [6.45, 7) is 0.355. The average Bonchev–Trinajstić information content (AvgIpc) is 2.15. The lowest BCUT2D eigenvalue weighted by molar-refractivity contribution is 0.594. The summed E-state index contributed by atoms with van der Waals surface area (Å²) in [7, 11) is -6.73. The SMILES string of the molecule is CS(=O)(=O)c1ccc2c(c1)S(=O)(=O)CCN2. The normalized spacial score (nSPS) is 18.6. The first-order chi connectivity index (χ1) is 7.31. The second-order valence-electron chi connectivity index (χ2n) is 3.68. The van der Waals surface area contributed by atoms with Crippen LogP contribution >= 0.6 is 0 Å².